The molecule has 0 saturated heterocycles. The van der Waals surface area contributed by atoms with Crippen LogP contribution in [0.3, 0.4) is 0 Å². The number of thiazole rings is 1. The van der Waals surface area contributed by atoms with Gasteiger partial charge in [-0.25, -0.2) is 4.98 Å². The van der Waals surface area contributed by atoms with Crippen molar-refractivity contribution in [2.45, 2.75) is 26.3 Å². The molecule has 0 bridgehead atoms. The average molecular weight is 420 g/mol. The van der Waals surface area contributed by atoms with Crippen LogP contribution in [0.4, 0.5) is 5.13 Å². The molecule has 152 valence electrons. The van der Waals surface area contributed by atoms with E-state index in [4.69, 9.17) is 0 Å². The summed E-state index contributed by atoms with van der Waals surface area (Å²) in [6.45, 7) is 6.14. The van der Waals surface area contributed by atoms with Gasteiger partial charge in [0.25, 0.3) is 5.56 Å². The van der Waals surface area contributed by atoms with Crippen molar-refractivity contribution in [1.29, 1.82) is 0 Å². The van der Waals surface area contributed by atoms with Crippen LogP contribution in [0.25, 0.3) is 17.2 Å². The van der Waals surface area contributed by atoms with Crippen molar-refractivity contribution in [2.24, 2.45) is 0 Å². The van der Waals surface area contributed by atoms with E-state index < -0.39 is 0 Å². The molecule has 0 saturated carbocycles. The first-order chi connectivity index (χ1) is 14.6. The number of hydrogen-bond acceptors (Lipinski definition) is 6. The molecule has 0 unspecified atom stereocenters. The first-order valence-electron chi connectivity index (χ1n) is 9.43. The molecule has 30 heavy (non-hydrogen) atoms. The summed E-state index contributed by atoms with van der Waals surface area (Å²) in [4.78, 5) is 34.1. The van der Waals surface area contributed by atoms with Crippen LogP contribution in [0.1, 0.15) is 17.7 Å². The zero-order valence-electron chi connectivity index (χ0n) is 16.4. The van der Waals surface area contributed by atoms with E-state index in [1.165, 1.54) is 15.9 Å². The number of carbonyl (C=O) groups is 1. The monoisotopic (exact) mass is 420 g/mol. The topological polar surface area (TPSA) is 94.2 Å². The summed E-state index contributed by atoms with van der Waals surface area (Å²) in [6, 6.07) is 9.50. The van der Waals surface area contributed by atoms with Gasteiger partial charge in [-0.15, -0.1) is 23.0 Å². The number of fused-ring (bicyclic) bond motifs is 1. The van der Waals surface area contributed by atoms with E-state index in [2.05, 4.69) is 27.0 Å². The van der Waals surface area contributed by atoms with Crippen LogP contribution >= 0.6 is 11.3 Å². The van der Waals surface area contributed by atoms with Gasteiger partial charge in [0.2, 0.25) is 11.7 Å². The Hall–Kier alpha value is -3.59. The van der Waals surface area contributed by atoms with Crippen LogP contribution < -0.4 is 10.9 Å². The predicted molar refractivity (Wildman–Crippen MR) is 117 cm³/mol. The number of benzene rings is 1. The molecule has 3 aromatic heterocycles. The predicted octanol–water partition coefficient (Wildman–Crippen LogP) is 3.08. The lowest BCUT2D eigenvalue weighted by molar-refractivity contribution is -0.116. The Kier molecular flexibility index (Phi) is 5.53. The summed E-state index contributed by atoms with van der Waals surface area (Å²) in [5.41, 5.74) is 1.84. The quantitative estimate of drug-likeness (QED) is 0.464. The molecule has 0 atom stereocenters. The third kappa shape index (κ3) is 3.79. The number of carbonyl (C=O) groups excluding carboxylic acids is 1. The van der Waals surface area contributed by atoms with Crippen LogP contribution in [0, 0.1) is 6.92 Å². The minimum absolute atomic E-state index is 0.162. The lowest BCUT2D eigenvalue weighted by Crippen LogP contribution is -2.27. The Morgan fingerprint density at radius 3 is 2.80 bits per heavy atom. The molecular formula is C21H20N6O2S. The fourth-order valence-electron chi connectivity index (χ4n) is 3.26. The van der Waals surface area contributed by atoms with Gasteiger partial charge in [-0.2, -0.15) is 9.50 Å². The second-order valence-electron chi connectivity index (χ2n) is 6.67. The van der Waals surface area contributed by atoms with Crippen molar-refractivity contribution in [2.75, 3.05) is 5.32 Å². The number of amides is 1. The Morgan fingerprint density at radius 1 is 1.30 bits per heavy atom. The Labute approximate surface area is 176 Å². The zero-order valence-corrected chi connectivity index (χ0v) is 17.2. The maximum atomic E-state index is 13.2. The third-order valence-electron chi connectivity index (χ3n) is 4.75. The van der Waals surface area contributed by atoms with Gasteiger partial charge in [-0.1, -0.05) is 36.4 Å². The number of nitrogens with zero attached hydrogens (tertiary/aromatic N) is 5. The molecule has 0 fully saturated rings. The molecule has 4 rings (SSSR count). The molecular weight excluding hydrogens is 400 g/mol. The molecule has 4 aromatic rings. The van der Waals surface area contributed by atoms with E-state index >= 15 is 0 Å². The molecule has 3 heterocycles. The van der Waals surface area contributed by atoms with Crippen molar-refractivity contribution in [3.05, 3.63) is 76.2 Å². The molecule has 1 N–H and O–H groups in total. The summed E-state index contributed by atoms with van der Waals surface area (Å²) >= 11 is 1.35. The molecule has 9 heteroatoms. The van der Waals surface area contributed by atoms with E-state index in [1.807, 2.05) is 41.8 Å². The zero-order chi connectivity index (χ0) is 21.1. The maximum Gasteiger partial charge on any atom is 0.279 e. The molecule has 0 aliphatic carbocycles. The highest BCUT2D eigenvalue weighted by atomic mass is 32.1. The number of nitrogens with one attached hydrogen (secondary N) is 1. The summed E-state index contributed by atoms with van der Waals surface area (Å²) in [7, 11) is 0. The summed E-state index contributed by atoms with van der Waals surface area (Å²) in [5.74, 6) is 0.735. The normalized spacial score (nSPS) is 11.0. The lowest BCUT2D eigenvalue weighted by atomic mass is 10.1. The summed E-state index contributed by atoms with van der Waals surface area (Å²) < 4.78 is 3.20. The average Bonchev–Trinajstić information content (AvgIpc) is 3.42. The second-order valence-corrected chi connectivity index (χ2v) is 7.56. The fourth-order valence-corrected chi connectivity index (χ4v) is 3.81. The summed E-state index contributed by atoms with van der Waals surface area (Å²) in [6.07, 6.45) is 3.82. The van der Waals surface area contributed by atoms with Crippen molar-refractivity contribution in [1.82, 2.24) is 24.1 Å². The minimum atomic E-state index is -0.264. The summed E-state index contributed by atoms with van der Waals surface area (Å²) in [5, 5.41) is 9.52. The van der Waals surface area contributed by atoms with E-state index in [9.17, 15) is 9.59 Å². The van der Waals surface area contributed by atoms with Gasteiger partial charge >= 0.3 is 0 Å². The minimum Gasteiger partial charge on any atom is -0.310 e. The maximum absolute atomic E-state index is 13.2. The number of anilines is 1. The fraction of sp³-hybridized carbons (Fsp3) is 0.190. The van der Waals surface area contributed by atoms with E-state index in [0.29, 0.717) is 28.8 Å². The molecule has 1 aromatic carbocycles. The highest BCUT2D eigenvalue weighted by Crippen LogP contribution is 2.18. The van der Waals surface area contributed by atoms with Gasteiger partial charge in [0.15, 0.2) is 11.0 Å². The van der Waals surface area contributed by atoms with Crippen molar-refractivity contribution in [3.63, 3.8) is 0 Å². The lowest BCUT2D eigenvalue weighted by Gasteiger charge is -2.13. The Bertz CT molecular complexity index is 1260. The molecule has 0 aliphatic heterocycles. The molecule has 0 radical (unpaired) electrons. The third-order valence-corrected chi connectivity index (χ3v) is 5.44. The van der Waals surface area contributed by atoms with Crippen molar-refractivity contribution >= 4 is 28.2 Å². The highest BCUT2D eigenvalue weighted by molar-refractivity contribution is 7.13. The first kappa shape index (κ1) is 19.7. The van der Waals surface area contributed by atoms with Crippen LogP contribution in [-0.2, 0) is 17.8 Å². The van der Waals surface area contributed by atoms with E-state index in [0.717, 1.165) is 11.3 Å². The second kappa shape index (κ2) is 8.42. The van der Waals surface area contributed by atoms with Crippen LogP contribution in [0.5, 0.6) is 0 Å². The van der Waals surface area contributed by atoms with Crippen LogP contribution in [0.15, 0.2) is 59.4 Å². The van der Waals surface area contributed by atoms with Gasteiger partial charge in [0, 0.05) is 41.4 Å². The van der Waals surface area contributed by atoms with Crippen molar-refractivity contribution < 1.29 is 4.79 Å². The van der Waals surface area contributed by atoms with Gasteiger partial charge in [0.1, 0.15) is 0 Å². The first-order valence-corrected chi connectivity index (χ1v) is 10.3. The van der Waals surface area contributed by atoms with Gasteiger partial charge in [-0.05, 0) is 13.3 Å². The largest absolute Gasteiger partial charge is 0.310 e. The Balaban J connectivity index is 1.71. The molecule has 8 nitrogen and oxygen atoms in total. The number of rotatable bonds is 7. The number of hydrogen-bond donors (Lipinski definition) is 1. The standard InChI is InChI=1S/C21H20N6O2S/c1-3-12-26-14(2)16(9-10-17(28)23-20-22-11-13-30-20)19(29)27-21(26)24-18(25-27)15-7-5-4-6-8-15/h3-8,11,13H,1,9-10,12H2,2H3,(H,22,23,28). The highest BCUT2D eigenvalue weighted by Gasteiger charge is 2.19. The van der Waals surface area contributed by atoms with E-state index in [1.54, 1.807) is 17.7 Å². The molecule has 1 amide bonds. The Morgan fingerprint density at radius 2 is 2.10 bits per heavy atom. The van der Waals surface area contributed by atoms with E-state index in [-0.39, 0.29) is 24.3 Å². The number of aromatic nitrogens is 5. The molecule has 0 spiro atoms. The van der Waals surface area contributed by atoms with Crippen LogP contribution in [-0.4, -0.2) is 30.1 Å². The van der Waals surface area contributed by atoms with Gasteiger partial charge in [0.05, 0.1) is 0 Å². The van der Waals surface area contributed by atoms with Crippen LogP contribution in [0.2, 0.25) is 0 Å². The van der Waals surface area contributed by atoms with Crippen molar-refractivity contribution in [3.8, 4) is 11.4 Å². The smallest absolute Gasteiger partial charge is 0.279 e. The van der Waals surface area contributed by atoms with Gasteiger partial charge < -0.3 is 9.88 Å². The number of allylic oxidation sites excluding steroid dienone is 1. The van der Waals surface area contributed by atoms with Gasteiger partial charge in [-0.3, -0.25) is 9.59 Å². The molecule has 0 aliphatic rings. The SMILES string of the molecule is C=CCn1c(C)c(CCC(=O)Nc2nccs2)c(=O)n2nc(-c3ccccc3)nc12.